The summed E-state index contributed by atoms with van der Waals surface area (Å²) in [4.78, 5) is 7.40. The predicted molar refractivity (Wildman–Crippen MR) is 63.1 cm³/mol. The molecule has 0 aliphatic carbocycles. The molecule has 0 unspecified atom stereocenters. The zero-order chi connectivity index (χ0) is 11.5. The lowest BCUT2D eigenvalue weighted by Gasteiger charge is -2.00. The van der Waals surface area contributed by atoms with Crippen LogP contribution in [0.3, 0.4) is 0 Å². The minimum atomic E-state index is 0.698. The van der Waals surface area contributed by atoms with E-state index in [1.807, 2.05) is 18.3 Å². The van der Waals surface area contributed by atoms with E-state index in [0.717, 1.165) is 23.3 Å². The highest BCUT2D eigenvalue weighted by molar-refractivity contribution is 5.79. The van der Waals surface area contributed by atoms with Gasteiger partial charge in [0.2, 0.25) is 0 Å². The van der Waals surface area contributed by atoms with Crippen LogP contribution < -0.4 is 5.32 Å². The molecule has 5 nitrogen and oxygen atoms in total. The summed E-state index contributed by atoms with van der Waals surface area (Å²) in [6, 6.07) is 5.85. The number of aromatic nitrogens is 3. The Morgan fingerprint density at radius 3 is 3.18 bits per heavy atom. The van der Waals surface area contributed by atoms with Crippen molar-refractivity contribution in [2.75, 3.05) is 0 Å². The van der Waals surface area contributed by atoms with Gasteiger partial charge in [-0.05, 0) is 17.7 Å². The third-order valence-corrected chi connectivity index (χ3v) is 2.65. The fourth-order valence-electron chi connectivity index (χ4n) is 1.81. The summed E-state index contributed by atoms with van der Waals surface area (Å²) < 4.78 is 4.77. The summed E-state index contributed by atoms with van der Waals surface area (Å²) in [6.07, 6.45) is 5.34. The molecule has 0 bridgehead atoms. The van der Waals surface area contributed by atoms with Gasteiger partial charge < -0.3 is 14.8 Å². The molecule has 0 amide bonds. The van der Waals surface area contributed by atoms with E-state index in [2.05, 4.69) is 26.5 Å². The average molecular weight is 228 g/mol. The molecule has 0 spiro atoms. The van der Waals surface area contributed by atoms with Gasteiger partial charge in [-0.1, -0.05) is 5.16 Å². The van der Waals surface area contributed by atoms with Gasteiger partial charge in [-0.15, -0.1) is 0 Å². The van der Waals surface area contributed by atoms with Crippen LogP contribution >= 0.6 is 0 Å². The van der Waals surface area contributed by atoms with Crippen molar-refractivity contribution >= 4 is 11.0 Å². The molecule has 86 valence electrons. The minimum Gasteiger partial charge on any atom is -0.364 e. The average Bonchev–Trinajstić information content (AvgIpc) is 2.99. The number of hydrogen-bond donors (Lipinski definition) is 2. The van der Waals surface area contributed by atoms with E-state index < -0.39 is 0 Å². The molecule has 0 atom stereocenters. The van der Waals surface area contributed by atoms with Crippen molar-refractivity contribution in [1.29, 1.82) is 0 Å². The molecule has 0 fully saturated rings. The summed E-state index contributed by atoms with van der Waals surface area (Å²) >= 11 is 0. The zero-order valence-electron chi connectivity index (χ0n) is 9.18. The summed E-state index contributed by atoms with van der Waals surface area (Å²) in [5.41, 5.74) is 3.03. The smallest absolute Gasteiger partial charge is 0.137 e. The maximum absolute atomic E-state index is 4.77. The number of nitrogens with one attached hydrogen (secondary N) is 2. The lowest BCUT2D eigenvalue weighted by molar-refractivity contribution is 0.408. The lowest BCUT2D eigenvalue weighted by Crippen LogP contribution is -2.12. The molecule has 0 saturated heterocycles. The molecule has 0 radical (unpaired) electrons. The molecule has 0 aliphatic heterocycles. The van der Waals surface area contributed by atoms with Crippen LogP contribution in [-0.2, 0) is 13.1 Å². The van der Waals surface area contributed by atoms with Crippen LogP contribution in [0.2, 0.25) is 0 Å². The molecule has 5 heteroatoms. The SMILES string of the molecule is c1cnc2[nH]cc(CNCc3ccon3)c2c1. The molecule has 17 heavy (non-hydrogen) atoms. The highest BCUT2D eigenvalue weighted by atomic mass is 16.5. The van der Waals surface area contributed by atoms with E-state index in [-0.39, 0.29) is 0 Å². The van der Waals surface area contributed by atoms with E-state index in [9.17, 15) is 0 Å². The highest BCUT2D eigenvalue weighted by Gasteiger charge is 2.03. The monoisotopic (exact) mass is 228 g/mol. The van der Waals surface area contributed by atoms with Crippen LogP contribution in [0.25, 0.3) is 11.0 Å². The van der Waals surface area contributed by atoms with Gasteiger partial charge in [0.1, 0.15) is 11.9 Å². The third-order valence-electron chi connectivity index (χ3n) is 2.65. The first-order valence-electron chi connectivity index (χ1n) is 5.44. The van der Waals surface area contributed by atoms with E-state index in [0.29, 0.717) is 6.54 Å². The maximum Gasteiger partial charge on any atom is 0.137 e. The topological polar surface area (TPSA) is 66.7 Å². The van der Waals surface area contributed by atoms with Crippen LogP contribution in [0.1, 0.15) is 11.3 Å². The molecule has 3 aromatic rings. The van der Waals surface area contributed by atoms with Crippen molar-refractivity contribution in [2.45, 2.75) is 13.1 Å². The molecule has 3 rings (SSSR count). The van der Waals surface area contributed by atoms with Crippen LogP contribution in [-0.4, -0.2) is 15.1 Å². The van der Waals surface area contributed by atoms with Gasteiger partial charge in [-0.3, -0.25) is 0 Å². The number of fused-ring (bicyclic) bond motifs is 1. The Morgan fingerprint density at radius 2 is 2.29 bits per heavy atom. The van der Waals surface area contributed by atoms with Crippen LogP contribution in [0.15, 0.2) is 41.4 Å². The molecular weight excluding hydrogens is 216 g/mol. The number of pyridine rings is 1. The van der Waals surface area contributed by atoms with Gasteiger partial charge in [0.05, 0.1) is 5.69 Å². The first-order chi connectivity index (χ1) is 8.43. The van der Waals surface area contributed by atoms with E-state index in [4.69, 9.17) is 4.52 Å². The van der Waals surface area contributed by atoms with E-state index >= 15 is 0 Å². The molecule has 0 aliphatic rings. The second-order valence-corrected chi connectivity index (χ2v) is 3.81. The van der Waals surface area contributed by atoms with Crippen molar-refractivity contribution in [1.82, 2.24) is 20.4 Å². The third kappa shape index (κ3) is 2.05. The van der Waals surface area contributed by atoms with Gasteiger partial charge in [0, 0.05) is 36.9 Å². The molecule has 0 saturated carbocycles. The van der Waals surface area contributed by atoms with Crippen LogP contribution in [0.4, 0.5) is 0 Å². The van der Waals surface area contributed by atoms with Gasteiger partial charge in [0.15, 0.2) is 0 Å². The summed E-state index contributed by atoms with van der Waals surface area (Å²) in [6.45, 7) is 1.47. The largest absolute Gasteiger partial charge is 0.364 e. The van der Waals surface area contributed by atoms with Crippen LogP contribution in [0.5, 0.6) is 0 Å². The fraction of sp³-hybridized carbons (Fsp3) is 0.167. The van der Waals surface area contributed by atoms with E-state index in [1.165, 1.54) is 5.56 Å². The van der Waals surface area contributed by atoms with Crippen molar-refractivity contribution in [3.63, 3.8) is 0 Å². The number of hydrogen-bond acceptors (Lipinski definition) is 4. The Morgan fingerprint density at radius 1 is 1.29 bits per heavy atom. The summed E-state index contributed by atoms with van der Waals surface area (Å²) in [5.74, 6) is 0. The minimum absolute atomic E-state index is 0.698. The van der Waals surface area contributed by atoms with Gasteiger partial charge in [-0.2, -0.15) is 0 Å². The number of H-pyrrole nitrogens is 1. The Balaban J connectivity index is 1.69. The van der Waals surface area contributed by atoms with E-state index in [1.54, 1.807) is 12.5 Å². The quantitative estimate of drug-likeness (QED) is 0.715. The maximum atomic E-state index is 4.77. The molecule has 3 aromatic heterocycles. The Labute approximate surface area is 97.8 Å². The summed E-state index contributed by atoms with van der Waals surface area (Å²) in [5, 5.41) is 8.30. The normalized spacial score (nSPS) is 11.1. The van der Waals surface area contributed by atoms with Gasteiger partial charge in [-0.25, -0.2) is 4.98 Å². The first kappa shape index (κ1) is 10.0. The lowest BCUT2D eigenvalue weighted by atomic mass is 10.2. The Hall–Kier alpha value is -2.14. The predicted octanol–water partition coefficient (Wildman–Crippen LogP) is 1.84. The molecule has 0 aromatic carbocycles. The second-order valence-electron chi connectivity index (χ2n) is 3.81. The number of nitrogens with zero attached hydrogens (tertiary/aromatic N) is 2. The zero-order valence-corrected chi connectivity index (χ0v) is 9.18. The standard InChI is InChI=1S/C12H12N4O/c1-2-11-9(7-15-12(11)14-4-1)6-13-8-10-3-5-17-16-10/h1-5,7,13H,6,8H2,(H,14,15). The second kappa shape index (κ2) is 4.39. The van der Waals surface area contributed by atoms with Crippen molar-refractivity contribution in [3.05, 3.63) is 48.1 Å². The summed E-state index contributed by atoms with van der Waals surface area (Å²) in [7, 11) is 0. The van der Waals surface area contributed by atoms with Crippen molar-refractivity contribution in [2.24, 2.45) is 0 Å². The van der Waals surface area contributed by atoms with Crippen molar-refractivity contribution < 1.29 is 4.52 Å². The van der Waals surface area contributed by atoms with Crippen LogP contribution in [0, 0.1) is 0 Å². The number of aromatic amines is 1. The number of rotatable bonds is 4. The Bertz CT molecular complexity index is 600. The van der Waals surface area contributed by atoms with Gasteiger partial charge in [0.25, 0.3) is 0 Å². The van der Waals surface area contributed by atoms with Gasteiger partial charge >= 0.3 is 0 Å². The fourth-order valence-corrected chi connectivity index (χ4v) is 1.81. The molecule has 3 heterocycles. The highest BCUT2D eigenvalue weighted by Crippen LogP contribution is 2.15. The molecule has 2 N–H and O–H groups in total. The molecular formula is C12H12N4O. The Kier molecular flexibility index (Phi) is 2.59. The van der Waals surface area contributed by atoms with Crippen molar-refractivity contribution in [3.8, 4) is 0 Å². The first-order valence-corrected chi connectivity index (χ1v) is 5.44.